The first-order chi connectivity index (χ1) is 15.4. The smallest absolute Gasteiger partial charge is 0.300 e. The van der Waals surface area contributed by atoms with Gasteiger partial charge in [0.2, 0.25) is 0 Å². The number of thiophene rings is 1. The van der Waals surface area contributed by atoms with E-state index >= 15 is 0 Å². The first kappa shape index (κ1) is 21.6. The third-order valence-corrected chi connectivity index (χ3v) is 6.51. The third-order valence-electron chi connectivity index (χ3n) is 5.59. The van der Waals surface area contributed by atoms with Crippen molar-refractivity contribution in [3.8, 4) is 11.5 Å². The van der Waals surface area contributed by atoms with Crippen LogP contribution in [-0.4, -0.2) is 31.0 Å². The van der Waals surface area contributed by atoms with Crippen molar-refractivity contribution in [3.05, 3.63) is 81.1 Å². The predicted octanol–water partition coefficient (Wildman–Crippen LogP) is 5.01. The summed E-state index contributed by atoms with van der Waals surface area (Å²) in [7, 11) is 3.12. The van der Waals surface area contributed by atoms with Gasteiger partial charge >= 0.3 is 0 Å². The van der Waals surface area contributed by atoms with Crippen LogP contribution in [0.25, 0.3) is 5.76 Å². The van der Waals surface area contributed by atoms with Gasteiger partial charge in [0.1, 0.15) is 23.3 Å². The predicted molar refractivity (Wildman–Crippen MR) is 125 cm³/mol. The van der Waals surface area contributed by atoms with Gasteiger partial charge in [0.05, 0.1) is 19.8 Å². The van der Waals surface area contributed by atoms with Crippen LogP contribution in [0.15, 0.2) is 59.5 Å². The SMILES string of the molecule is COc1cccc(N2C(=O)C(=O)/C(=C(\O)c3cc(C)c(OC)cc3C)C2c2cccs2)c1. The fourth-order valence-electron chi connectivity index (χ4n) is 3.98. The molecule has 0 radical (unpaired) electrons. The van der Waals surface area contributed by atoms with Gasteiger partial charge in [-0.05, 0) is 60.7 Å². The van der Waals surface area contributed by atoms with E-state index < -0.39 is 17.7 Å². The van der Waals surface area contributed by atoms with Gasteiger partial charge in [0, 0.05) is 22.2 Å². The van der Waals surface area contributed by atoms with Gasteiger partial charge in [-0.15, -0.1) is 11.3 Å². The normalized spacial score (nSPS) is 17.6. The monoisotopic (exact) mass is 449 g/mol. The molecule has 3 aromatic rings. The largest absolute Gasteiger partial charge is 0.507 e. The summed E-state index contributed by atoms with van der Waals surface area (Å²) >= 11 is 1.42. The first-order valence-corrected chi connectivity index (χ1v) is 10.9. The number of carbonyl (C=O) groups excluding carboxylic acids is 2. The Morgan fingerprint density at radius 3 is 2.44 bits per heavy atom. The number of methoxy groups -OCH3 is 2. The van der Waals surface area contributed by atoms with Crippen LogP contribution in [0.5, 0.6) is 11.5 Å². The number of benzene rings is 2. The van der Waals surface area contributed by atoms with E-state index in [0.717, 1.165) is 16.0 Å². The van der Waals surface area contributed by atoms with Gasteiger partial charge in [-0.1, -0.05) is 12.1 Å². The Morgan fingerprint density at radius 2 is 1.78 bits per heavy atom. The summed E-state index contributed by atoms with van der Waals surface area (Å²) in [5, 5.41) is 13.2. The molecule has 6 nitrogen and oxygen atoms in total. The zero-order valence-corrected chi connectivity index (χ0v) is 19.0. The molecule has 1 N–H and O–H groups in total. The van der Waals surface area contributed by atoms with Crippen molar-refractivity contribution in [2.24, 2.45) is 0 Å². The number of anilines is 1. The van der Waals surface area contributed by atoms with E-state index in [4.69, 9.17) is 9.47 Å². The molecule has 32 heavy (non-hydrogen) atoms. The number of hydrogen-bond donors (Lipinski definition) is 1. The summed E-state index contributed by atoms with van der Waals surface area (Å²) in [6, 6.07) is 13.5. The van der Waals surface area contributed by atoms with E-state index in [1.54, 1.807) is 44.6 Å². The topological polar surface area (TPSA) is 76.1 Å². The van der Waals surface area contributed by atoms with Crippen LogP contribution >= 0.6 is 11.3 Å². The second-order valence-corrected chi connectivity index (χ2v) is 8.50. The highest BCUT2D eigenvalue weighted by molar-refractivity contribution is 7.10. The summed E-state index contributed by atoms with van der Waals surface area (Å²) in [6.07, 6.45) is 0. The van der Waals surface area contributed by atoms with Crippen LogP contribution < -0.4 is 14.4 Å². The van der Waals surface area contributed by atoms with Gasteiger partial charge in [-0.2, -0.15) is 0 Å². The summed E-state index contributed by atoms with van der Waals surface area (Å²) in [5.74, 6) is -0.366. The number of Topliss-reactive ketones (excluding diaryl/α,β-unsaturated/α-hetero) is 1. The second-order valence-electron chi connectivity index (χ2n) is 7.52. The van der Waals surface area contributed by atoms with E-state index in [9.17, 15) is 14.7 Å². The van der Waals surface area contributed by atoms with Gasteiger partial charge in [0.25, 0.3) is 11.7 Å². The van der Waals surface area contributed by atoms with Crippen LogP contribution in [0.1, 0.15) is 27.6 Å². The summed E-state index contributed by atoms with van der Waals surface area (Å²) in [5.41, 5.74) is 2.63. The van der Waals surface area contributed by atoms with E-state index in [2.05, 4.69) is 0 Å². The molecule has 0 bridgehead atoms. The van der Waals surface area contributed by atoms with Crippen LogP contribution in [0.4, 0.5) is 5.69 Å². The minimum absolute atomic E-state index is 0.0629. The maximum atomic E-state index is 13.2. The van der Waals surface area contributed by atoms with E-state index in [-0.39, 0.29) is 11.3 Å². The minimum atomic E-state index is -0.746. The lowest BCUT2D eigenvalue weighted by Crippen LogP contribution is -2.29. The van der Waals surface area contributed by atoms with Crippen LogP contribution in [0.2, 0.25) is 0 Å². The standard InChI is InChI=1S/C25H23NO5S/c1-14-12-19(31-4)15(2)11-18(14)23(27)21-22(20-9-6-10-32-20)26(25(29)24(21)28)16-7-5-8-17(13-16)30-3/h5-13,22,27H,1-4H3/b23-21-. The van der Waals surface area contributed by atoms with Gasteiger partial charge in [-0.3, -0.25) is 14.5 Å². The average molecular weight is 450 g/mol. The zero-order valence-electron chi connectivity index (χ0n) is 18.2. The van der Waals surface area contributed by atoms with Crippen LogP contribution in [0.3, 0.4) is 0 Å². The second kappa shape index (κ2) is 8.51. The molecule has 0 aliphatic carbocycles. The van der Waals surface area contributed by atoms with Gasteiger partial charge in [-0.25, -0.2) is 0 Å². The minimum Gasteiger partial charge on any atom is -0.507 e. The highest BCUT2D eigenvalue weighted by Crippen LogP contribution is 2.44. The number of aryl methyl sites for hydroxylation is 2. The average Bonchev–Trinajstić information content (AvgIpc) is 3.41. The number of hydrogen-bond acceptors (Lipinski definition) is 6. The molecule has 1 aliphatic rings. The third kappa shape index (κ3) is 3.54. The molecule has 1 aliphatic heterocycles. The maximum absolute atomic E-state index is 13.2. The number of carbonyl (C=O) groups is 2. The summed E-state index contributed by atoms with van der Waals surface area (Å²) in [4.78, 5) is 28.6. The van der Waals surface area contributed by atoms with E-state index in [1.807, 2.05) is 37.4 Å². The molecule has 2 heterocycles. The molecule has 1 atom stereocenters. The first-order valence-electron chi connectivity index (χ1n) is 10.0. The van der Waals surface area contributed by atoms with Crippen molar-refractivity contribution < 1.29 is 24.2 Å². The summed E-state index contributed by atoms with van der Waals surface area (Å²) in [6.45, 7) is 3.69. The number of aliphatic hydroxyl groups is 1. The molecule has 1 saturated heterocycles. The number of ether oxygens (including phenoxy) is 2. The fourth-order valence-corrected chi connectivity index (χ4v) is 4.81. The van der Waals surface area contributed by atoms with Crippen molar-refractivity contribution in [3.63, 3.8) is 0 Å². The van der Waals surface area contributed by atoms with Crippen molar-refractivity contribution in [2.75, 3.05) is 19.1 Å². The maximum Gasteiger partial charge on any atom is 0.300 e. The number of amides is 1. The molecule has 0 saturated carbocycles. The van der Waals surface area contributed by atoms with E-state index in [0.29, 0.717) is 22.7 Å². The molecule has 1 fully saturated rings. The zero-order chi connectivity index (χ0) is 23.0. The Labute approximate surface area is 190 Å². The Bertz CT molecular complexity index is 1230. The Balaban J connectivity index is 1.94. The molecule has 1 amide bonds. The summed E-state index contributed by atoms with van der Waals surface area (Å²) < 4.78 is 10.7. The van der Waals surface area contributed by atoms with Gasteiger partial charge < -0.3 is 14.6 Å². The van der Waals surface area contributed by atoms with Crippen LogP contribution in [-0.2, 0) is 9.59 Å². The van der Waals surface area contributed by atoms with Gasteiger partial charge in [0.15, 0.2) is 0 Å². The quantitative estimate of drug-likeness (QED) is 0.337. The number of nitrogens with zero attached hydrogens (tertiary/aromatic N) is 1. The molecule has 164 valence electrons. The molecule has 1 unspecified atom stereocenters. The highest BCUT2D eigenvalue weighted by Gasteiger charge is 2.47. The molecule has 0 spiro atoms. The lowest BCUT2D eigenvalue weighted by molar-refractivity contribution is -0.132. The van der Waals surface area contributed by atoms with Crippen molar-refractivity contribution in [2.45, 2.75) is 19.9 Å². The molecule has 7 heteroatoms. The van der Waals surface area contributed by atoms with Crippen molar-refractivity contribution in [1.82, 2.24) is 0 Å². The number of rotatable bonds is 5. The number of aliphatic hydroxyl groups excluding tert-OH is 1. The highest BCUT2D eigenvalue weighted by atomic mass is 32.1. The molecule has 2 aromatic carbocycles. The molecule has 4 rings (SSSR count). The molecular weight excluding hydrogens is 426 g/mol. The Hall–Kier alpha value is -3.58. The molecule has 1 aromatic heterocycles. The van der Waals surface area contributed by atoms with E-state index in [1.165, 1.54) is 16.2 Å². The Kier molecular flexibility index (Phi) is 5.76. The number of ketones is 1. The van der Waals surface area contributed by atoms with Crippen molar-refractivity contribution >= 4 is 34.5 Å². The lowest BCUT2D eigenvalue weighted by atomic mass is 9.95. The van der Waals surface area contributed by atoms with Crippen LogP contribution in [0, 0.1) is 13.8 Å². The lowest BCUT2D eigenvalue weighted by Gasteiger charge is -2.24. The van der Waals surface area contributed by atoms with Crippen molar-refractivity contribution in [1.29, 1.82) is 0 Å². The fraction of sp³-hybridized carbons (Fsp3) is 0.200. The Morgan fingerprint density at radius 1 is 1.00 bits per heavy atom. The molecular formula is C25H23NO5S.